The van der Waals surface area contributed by atoms with Crippen LogP contribution >= 0.6 is 0 Å². The summed E-state index contributed by atoms with van der Waals surface area (Å²) < 4.78 is 545. The Balaban J connectivity index is 0.00000139. The van der Waals surface area contributed by atoms with Gasteiger partial charge in [0, 0.05) is 5.92 Å². The Bertz CT molecular complexity index is 2720. The number of carbonyl (C=O) groups excluding carboxylic acids is 2. The lowest BCUT2D eigenvalue weighted by atomic mass is 9.71. The summed E-state index contributed by atoms with van der Waals surface area (Å²) >= 11 is 0. The van der Waals surface area contributed by atoms with Gasteiger partial charge in [0.05, 0.1) is 39.0 Å². The Morgan fingerprint density at radius 2 is 0.728 bits per heavy atom. The summed E-state index contributed by atoms with van der Waals surface area (Å²) in [6.07, 6.45) is -101. The highest BCUT2D eigenvalue weighted by Crippen LogP contribution is 2.54. The SMILES string of the molecule is C=C(C(=O)OC(C(F)(F)F)C(F)(F)C1COCC(C(F)(F)C(O)C(F)(F)F)O1)C(F)(F)F.C=C(C(=O)OC(CC1CCC(C(O)(C(F)(F)F)C(F)(F)F)CC1)C(F)(F)F)C(F)(F)F.C=COC(C(F)(F)F)C(F)(F)C1COCC(C(F)(F)C(O)C(F)(F)F)O1.C=COC(C)C(F)(F)C(O)C(F)(F)F. The number of hydrogen-bond donors (Lipinski definition) is 4. The first-order valence-electron chi connectivity index (χ1n) is 26.5. The fraction of sp³-hybridized carbons (Fsp3) is 0.796. The molecule has 11 atom stereocenters. The number of halogens is 40. The molecule has 0 aromatic carbocycles. The van der Waals surface area contributed by atoms with Gasteiger partial charge in [-0.2, -0.15) is 158 Å². The van der Waals surface area contributed by atoms with Gasteiger partial charge in [-0.05, 0) is 44.9 Å². The zero-order valence-corrected chi connectivity index (χ0v) is 49.8. The first-order chi connectivity index (χ1) is 45.3. The number of ether oxygens (including phenoxy) is 8. The number of alkyl halides is 40. The van der Waals surface area contributed by atoms with Crippen LogP contribution < -0.4 is 0 Å². The van der Waals surface area contributed by atoms with Gasteiger partial charge in [0.1, 0.15) is 35.6 Å². The topological polar surface area (TPSA) is 189 Å². The van der Waals surface area contributed by atoms with Crippen LogP contribution in [0, 0.1) is 11.8 Å². The molecule has 3 fully saturated rings. The number of hydrogen-bond acceptors (Lipinski definition) is 14. The van der Waals surface area contributed by atoms with Gasteiger partial charge in [-0.3, -0.25) is 0 Å². The maximum Gasteiger partial charge on any atom is 0.431 e. The fourth-order valence-corrected chi connectivity index (χ4v) is 8.17. The predicted octanol–water partition coefficient (Wildman–Crippen LogP) is 14.3. The largest absolute Gasteiger partial charge is 0.493 e. The van der Waals surface area contributed by atoms with Crippen LogP contribution in [0.2, 0.25) is 0 Å². The lowest BCUT2D eigenvalue weighted by molar-refractivity contribution is -0.387. The van der Waals surface area contributed by atoms with Crippen LogP contribution in [0.15, 0.2) is 50.0 Å². The van der Waals surface area contributed by atoms with Gasteiger partial charge in [-0.15, -0.1) is 0 Å². The Hall–Kier alpha value is -5.62. The van der Waals surface area contributed by atoms with Gasteiger partial charge >= 0.3 is 103 Å². The van der Waals surface area contributed by atoms with Crippen molar-refractivity contribution in [3.05, 3.63) is 50.0 Å². The van der Waals surface area contributed by atoms with E-state index in [4.69, 9.17) is 15.3 Å². The smallest absolute Gasteiger partial charge is 0.431 e. The number of esters is 2. The molecule has 2 saturated heterocycles. The zero-order chi connectivity index (χ0) is 82.2. The Morgan fingerprint density at radius 3 is 1.00 bits per heavy atom. The minimum atomic E-state index is -6.31. The molecule has 0 bridgehead atoms. The average Bonchev–Trinajstić information content (AvgIpc) is 0.758. The standard InChI is InChI=1S/C16H16F12O3.C14H11F13O5.C12H12F10O4.C7H9F5O2/c1-7(13(17,18)19)11(29)31-10(14(20,21)22)6-8-2-4-9(5-3-8)12(30,15(23,24)25)16(26,27)28;1-4(12(19,20)21)7(28)32-9(14(25,26)27)11(17,18)6-3-30-2-5(31-6)10(15,16)8(29)13(22,23)24;1-2-25-8(12(20,21)22)10(15,16)6-4-24-3-5(26-6)9(13,14)7(23)11(17,18)19;1-3-14-4(2)6(8,9)5(13)7(10,11)12/h8-10,30H,1-6H2;5-6,8-9,29H,1-3H2;2,5-8,23H,1,3-4H2;3-5,13H,1H2,2H3. The van der Waals surface area contributed by atoms with Gasteiger partial charge < -0.3 is 58.3 Å². The van der Waals surface area contributed by atoms with E-state index in [1.807, 2.05) is 6.58 Å². The lowest BCUT2D eigenvalue weighted by Gasteiger charge is -2.42. The highest BCUT2D eigenvalue weighted by atomic mass is 19.5. The van der Waals surface area contributed by atoms with Crippen molar-refractivity contribution < 1.29 is 244 Å². The third kappa shape index (κ3) is 25.8. The van der Waals surface area contributed by atoms with Crippen molar-refractivity contribution in [2.24, 2.45) is 11.8 Å². The Labute approximate surface area is 547 Å². The van der Waals surface area contributed by atoms with Crippen LogP contribution in [0.1, 0.15) is 39.0 Å². The molecular formula is C49H48F40O14. The van der Waals surface area contributed by atoms with Crippen molar-refractivity contribution >= 4 is 11.9 Å². The van der Waals surface area contributed by atoms with E-state index >= 15 is 0 Å². The molecule has 2 aliphatic heterocycles. The molecule has 1 aliphatic carbocycles. The number of aliphatic hydroxyl groups excluding tert-OH is 3. The second kappa shape index (κ2) is 34.1. The predicted molar refractivity (Wildman–Crippen MR) is 251 cm³/mol. The molecule has 0 radical (unpaired) electrons. The summed E-state index contributed by atoms with van der Waals surface area (Å²) in [6, 6.07) is 0. The van der Waals surface area contributed by atoms with Gasteiger partial charge in [0.15, 0.2) is 12.2 Å². The van der Waals surface area contributed by atoms with Crippen molar-refractivity contribution in [3.63, 3.8) is 0 Å². The van der Waals surface area contributed by atoms with Crippen LogP contribution in [0.5, 0.6) is 0 Å². The molecule has 0 amide bonds. The van der Waals surface area contributed by atoms with Crippen molar-refractivity contribution in [2.45, 2.75) is 203 Å². The first-order valence-corrected chi connectivity index (χ1v) is 26.5. The van der Waals surface area contributed by atoms with E-state index in [2.05, 4.69) is 57.6 Å². The minimum Gasteiger partial charge on any atom is -0.493 e. The van der Waals surface area contributed by atoms with Gasteiger partial charge in [0.25, 0.3) is 17.8 Å². The van der Waals surface area contributed by atoms with Crippen LogP contribution in [0.3, 0.4) is 0 Å². The zero-order valence-electron chi connectivity index (χ0n) is 49.8. The second-order valence-electron chi connectivity index (χ2n) is 21.1. The summed E-state index contributed by atoms with van der Waals surface area (Å²) in [7, 11) is 0. The number of carbonyl (C=O) groups is 2. The van der Waals surface area contributed by atoms with Crippen molar-refractivity contribution in [1.29, 1.82) is 0 Å². The Kier molecular flexibility index (Phi) is 32.2. The van der Waals surface area contributed by atoms with Crippen LogP contribution in [0.4, 0.5) is 176 Å². The van der Waals surface area contributed by atoms with E-state index in [1.54, 1.807) is 0 Å². The van der Waals surface area contributed by atoms with Crippen LogP contribution in [0.25, 0.3) is 0 Å². The molecule has 11 unspecified atom stereocenters. The van der Waals surface area contributed by atoms with E-state index in [-0.39, 0.29) is 6.26 Å². The number of aliphatic hydroxyl groups is 4. The van der Waals surface area contributed by atoms with E-state index in [0.29, 0.717) is 13.2 Å². The van der Waals surface area contributed by atoms with Gasteiger partial charge in [-0.1, -0.05) is 26.3 Å². The van der Waals surface area contributed by atoms with Crippen LogP contribution in [-0.2, 0) is 47.5 Å². The van der Waals surface area contributed by atoms with Crippen LogP contribution in [-0.4, -0.2) is 223 Å². The van der Waals surface area contributed by atoms with E-state index in [1.165, 1.54) is 0 Å². The summed E-state index contributed by atoms with van der Waals surface area (Å²) in [6.45, 7) is 4.65. The molecule has 1 saturated carbocycles. The summed E-state index contributed by atoms with van der Waals surface area (Å²) in [4.78, 5) is 22.4. The third-order valence-corrected chi connectivity index (χ3v) is 13.7. The van der Waals surface area contributed by atoms with Gasteiger partial charge in [0.2, 0.25) is 18.3 Å². The lowest BCUT2D eigenvalue weighted by Crippen LogP contribution is -2.63. The first kappa shape index (κ1) is 97.4. The van der Waals surface area contributed by atoms with Crippen molar-refractivity contribution in [2.75, 3.05) is 26.4 Å². The molecule has 0 aromatic rings. The van der Waals surface area contributed by atoms with E-state index in [9.17, 15) is 190 Å². The number of rotatable bonds is 21. The monoisotopic (exact) mass is 1620 g/mol. The van der Waals surface area contributed by atoms with E-state index < -0.39 is 258 Å². The minimum absolute atomic E-state index is 0.0231. The average molecular weight is 1620 g/mol. The second-order valence-corrected chi connectivity index (χ2v) is 21.1. The summed E-state index contributed by atoms with van der Waals surface area (Å²) in [5, 5.41) is 35.0. The maximum absolute atomic E-state index is 14.3. The highest BCUT2D eigenvalue weighted by Gasteiger charge is 2.74. The quantitative estimate of drug-likeness (QED) is 0.0368. The molecule has 0 spiro atoms. The highest BCUT2D eigenvalue weighted by molar-refractivity contribution is 5.89. The third-order valence-electron chi connectivity index (χ3n) is 13.7. The fourth-order valence-electron chi connectivity index (χ4n) is 8.17. The molecular weight excluding hydrogens is 1570 g/mol. The molecule has 608 valence electrons. The molecule has 2 heterocycles. The summed E-state index contributed by atoms with van der Waals surface area (Å²) in [5.41, 5.74) is -9.90. The normalized spacial score (nSPS) is 22.9. The maximum atomic E-state index is 14.3. The summed E-state index contributed by atoms with van der Waals surface area (Å²) in [5.74, 6) is -34.7. The molecule has 54 heteroatoms. The molecule has 4 N–H and O–H groups in total. The van der Waals surface area contributed by atoms with Crippen molar-refractivity contribution in [1.82, 2.24) is 0 Å². The Morgan fingerprint density at radius 1 is 0.427 bits per heavy atom. The van der Waals surface area contributed by atoms with E-state index in [0.717, 1.165) is 0 Å². The molecule has 3 rings (SSSR count). The molecule has 103 heavy (non-hydrogen) atoms. The van der Waals surface area contributed by atoms with Gasteiger partial charge in [-0.25, -0.2) is 27.2 Å². The molecule has 14 nitrogen and oxygen atoms in total. The van der Waals surface area contributed by atoms with Crippen molar-refractivity contribution in [3.8, 4) is 0 Å². The molecule has 3 aliphatic rings. The molecule has 0 aromatic heterocycles.